The maximum Gasteiger partial charge on any atom is 0.236 e. The predicted octanol–water partition coefficient (Wildman–Crippen LogP) is 2.27. The number of para-hydroxylation sites is 1. The molecule has 0 fully saturated rings. The van der Waals surface area contributed by atoms with Crippen molar-refractivity contribution >= 4 is 17.5 Å². The van der Waals surface area contributed by atoms with E-state index in [2.05, 4.69) is 5.32 Å². The maximum absolute atomic E-state index is 12.3. The van der Waals surface area contributed by atoms with Gasteiger partial charge in [0.1, 0.15) is 6.42 Å². The third-order valence-corrected chi connectivity index (χ3v) is 3.74. The molecular weight excluding hydrogens is 252 g/mol. The molecule has 1 aromatic rings. The summed E-state index contributed by atoms with van der Waals surface area (Å²) in [5.41, 5.74) is 2.15. The average Bonchev–Trinajstić information content (AvgIpc) is 2.46. The van der Waals surface area contributed by atoms with Gasteiger partial charge < -0.3 is 10.2 Å². The van der Waals surface area contributed by atoms with Gasteiger partial charge in [0.25, 0.3) is 0 Å². The van der Waals surface area contributed by atoms with Gasteiger partial charge in [-0.25, -0.2) is 0 Å². The first-order valence-corrected chi connectivity index (χ1v) is 7.29. The zero-order valence-electron chi connectivity index (χ0n) is 12.2. The molecule has 0 aliphatic carbocycles. The molecule has 1 atom stereocenters. The van der Waals surface area contributed by atoms with E-state index in [4.69, 9.17) is 0 Å². The predicted molar refractivity (Wildman–Crippen MR) is 79.6 cm³/mol. The molecular formula is C16H22N2O2. The molecule has 2 amide bonds. The summed E-state index contributed by atoms with van der Waals surface area (Å²) in [6, 6.07) is 8.04. The van der Waals surface area contributed by atoms with Crippen LogP contribution in [0.3, 0.4) is 0 Å². The van der Waals surface area contributed by atoms with Crippen molar-refractivity contribution in [3.05, 3.63) is 29.8 Å². The van der Waals surface area contributed by atoms with Crippen molar-refractivity contribution in [2.24, 2.45) is 0 Å². The molecule has 108 valence electrons. The number of nitrogens with zero attached hydrogens (tertiary/aromatic N) is 1. The van der Waals surface area contributed by atoms with E-state index in [-0.39, 0.29) is 24.3 Å². The van der Waals surface area contributed by atoms with E-state index < -0.39 is 0 Å². The van der Waals surface area contributed by atoms with Crippen molar-refractivity contribution in [1.29, 1.82) is 0 Å². The fourth-order valence-corrected chi connectivity index (χ4v) is 2.45. The van der Waals surface area contributed by atoms with Crippen LogP contribution in [0.15, 0.2) is 24.3 Å². The summed E-state index contributed by atoms with van der Waals surface area (Å²) >= 11 is 0. The van der Waals surface area contributed by atoms with E-state index in [0.29, 0.717) is 6.54 Å². The van der Waals surface area contributed by atoms with Gasteiger partial charge in [-0.15, -0.1) is 0 Å². The first-order valence-electron chi connectivity index (χ1n) is 7.29. The normalized spacial score (nSPS) is 15.4. The van der Waals surface area contributed by atoms with Crippen molar-refractivity contribution < 1.29 is 9.59 Å². The van der Waals surface area contributed by atoms with E-state index in [9.17, 15) is 9.59 Å². The number of anilines is 1. The van der Waals surface area contributed by atoms with Crippen LogP contribution in [-0.2, 0) is 16.0 Å². The Morgan fingerprint density at radius 3 is 2.85 bits per heavy atom. The number of nitrogens with one attached hydrogen (secondary N) is 1. The second-order valence-electron chi connectivity index (χ2n) is 5.33. The van der Waals surface area contributed by atoms with Crippen molar-refractivity contribution in [1.82, 2.24) is 5.32 Å². The molecule has 0 radical (unpaired) electrons. The zero-order valence-corrected chi connectivity index (χ0v) is 12.2. The Morgan fingerprint density at radius 2 is 2.10 bits per heavy atom. The SMILES string of the molecule is CCC(C)NC(=O)CC(=O)N1CCCc2ccccc21. The van der Waals surface area contributed by atoms with Crippen LogP contribution in [0.1, 0.15) is 38.7 Å². The Labute approximate surface area is 120 Å². The number of carbonyl (C=O) groups is 2. The van der Waals surface area contributed by atoms with Crippen molar-refractivity contribution in [3.8, 4) is 0 Å². The molecule has 1 N–H and O–H groups in total. The first kappa shape index (κ1) is 14.6. The molecule has 0 spiro atoms. The third-order valence-electron chi connectivity index (χ3n) is 3.74. The highest BCUT2D eigenvalue weighted by molar-refractivity contribution is 6.05. The largest absolute Gasteiger partial charge is 0.353 e. The fraction of sp³-hybridized carbons (Fsp3) is 0.500. The first-order chi connectivity index (χ1) is 9.61. The highest BCUT2D eigenvalue weighted by Crippen LogP contribution is 2.27. The maximum atomic E-state index is 12.3. The Balaban J connectivity index is 2.02. The van der Waals surface area contributed by atoms with Crippen LogP contribution in [0, 0.1) is 0 Å². The van der Waals surface area contributed by atoms with Crippen LogP contribution in [0.5, 0.6) is 0 Å². The summed E-state index contributed by atoms with van der Waals surface area (Å²) in [4.78, 5) is 25.9. The van der Waals surface area contributed by atoms with Crippen molar-refractivity contribution in [2.45, 2.75) is 45.6 Å². The molecule has 2 rings (SSSR count). The Kier molecular flexibility index (Phi) is 4.77. The van der Waals surface area contributed by atoms with Gasteiger partial charge in [-0.3, -0.25) is 9.59 Å². The van der Waals surface area contributed by atoms with Gasteiger partial charge in [0.15, 0.2) is 0 Å². The van der Waals surface area contributed by atoms with Gasteiger partial charge in [-0.05, 0) is 37.8 Å². The van der Waals surface area contributed by atoms with E-state index in [1.807, 2.05) is 38.1 Å². The molecule has 1 unspecified atom stereocenters. The highest BCUT2D eigenvalue weighted by atomic mass is 16.2. The van der Waals surface area contributed by atoms with Crippen LogP contribution in [0.4, 0.5) is 5.69 Å². The summed E-state index contributed by atoms with van der Waals surface area (Å²) in [7, 11) is 0. The number of benzene rings is 1. The molecule has 4 heteroatoms. The molecule has 0 aromatic heterocycles. The zero-order chi connectivity index (χ0) is 14.5. The van der Waals surface area contributed by atoms with E-state index in [0.717, 1.165) is 24.9 Å². The number of amides is 2. The smallest absolute Gasteiger partial charge is 0.236 e. The van der Waals surface area contributed by atoms with E-state index in [1.165, 1.54) is 5.56 Å². The van der Waals surface area contributed by atoms with E-state index >= 15 is 0 Å². The standard InChI is InChI=1S/C16H22N2O2/c1-3-12(2)17-15(19)11-16(20)18-10-6-8-13-7-4-5-9-14(13)18/h4-5,7,9,12H,3,6,8,10-11H2,1-2H3,(H,17,19). The Hall–Kier alpha value is -1.84. The summed E-state index contributed by atoms with van der Waals surface area (Å²) in [6.45, 7) is 4.65. The average molecular weight is 274 g/mol. The molecule has 4 nitrogen and oxygen atoms in total. The number of hydrogen-bond donors (Lipinski definition) is 1. The van der Waals surface area contributed by atoms with Crippen molar-refractivity contribution in [2.75, 3.05) is 11.4 Å². The molecule has 20 heavy (non-hydrogen) atoms. The third kappa shape index (κ3) is 3.38. The summed E-state index contributed by atoms with van der Waals surface area (Å²) in [5, 5.41) is 2.84. The van der Waals surface area contributed by atoms with Crippen LogP contribution >= 0.6 is 0 Å². The van der Waals surface area contributed by atoms with Gasteiger partial charge >= 0.3 is 0 Å². The number of aryl methyl sites for hydroxylation is 1. The molecule has 1 aromatic carbocycles. The minimum atomic E-state index is -0.188. The summed E-state index contributed by atoms with van der Waals surface area (Å²) < 4.78 is 0. The van der Waals surface area contributed by atoms with Gasteiger partial charge in [0.2, 0.25) is 11.8 Å². The lowest BCUT2D eigenvalue weighted by Gasteiger charge is -2.29. The van der Waals surface area contributed by atoms with Gasteiger partial charge in [0.05, 0.1) is 0 Å². The lowest BCUT2D eigenvalue weighted by atomic mass is 10.0. The monoisotopic (exact) mass is 274 g/mol. The Morgan fingerprint density at radius 1 is 1.35 bits per heavy atom. The minimum Gasteiger partial charge on any atom is -0.353 e. The topological polar surface area (TPSA) is 49.4 Å². The molecule has 0 saturated heterocycles. The number of rotatable bonds is 4. The molecule has 1 heterocycles. The van der Waals surface area contributed by atoms with Gasteiger partial charge in [-0.1, -0.05) is 25.1 Å². The van der Waals surface area contributed by atoms with Crippen LogP contribution in [0.2, 0.25) is 0 Å². The summed E-state index contributed by atoms with van der Waals surface area (Å²) in [6.07, 6.45) is 2.75. The van der Waals surface area contributed by atoms with Crippen LogP contribution in [0.25, 0.3) is 0 Å². The Bertz CT molecular complexity index is 499. The number of hydrogen-bond acceptors (Lipinski definition) is 2. The molecule has 0 bridgehead atoms. The molecule has 0 saturated carbocycles. The lowest BCUT2D eigenvalue weighted by Crippen LogP contribution is -2.40. The quantitative estimate of drug-likeness (QED) is 0.856. The van der Waals surface area contributed by atoms with Gasteiger partial charge in [0, 0.05) is 18.3 Å². The minimum absolute atomic E-state index is 0.0708. The second-order valence-corrected chi connectivity index (χ2v) is 5.33. The summed E-state index contributed by atoms with van der Waals surface area (Å²) in [5.74, 6) is -0.301. The second kappa shape index (κ2) is 6.55. The number of fused-ring (bicyclic) bond motifs is 1. The van der Waals surface area contributed by atoms with Crippen LogP contribution in [-0.4, -0.2) is 24.4 Å². The molecule has 1 aliphatic rings. The number of carbonyl (C=O) groups excluding carboxylic acids is 2. The fourth-order valence-electron chi connectivity index (χ4n) is 2.45. The van der Waals surface area contributed by atoms with E-state index in [1.54, 1.807) is 4.90 Å². The molecule has 1 aliphatic heterocycles. The van der Waals surface area contributed by atoms with Crippen LogP contribution < -0.4 is 10.2 Å². The van der Waals surface area contributed by atoms with Crippen molar-refractivity contribution in [3.63, 3.8) is 0 Å². The van der Waals surface area contributed by atoms with Gasteiger partial charge in [-0.2, -0.15) is 0 Å². The lowest BCUT2D eigenvalue weighted by molar-refractivity contribution is -0.128. The highest BCUT2D eigenvalue weighted by Gasteiger charge is 2.23.